The number of nitrogens with zero attached hydrogens (tertiary/aromatic N) is 2. The highest BCUT2D eigenvalue weighted by Gasteiger charge is 2.25. The third-order valence-electron chi connectivity index (χ3n) is 3.10. The van der Waals surface area contributed by atoms with Crippen molar-refractivity contribution in [1.29, 1.82) is 0 Å². The number of pyridine rings is 1. The Labute approximate surface area is 108 Å². The molecule has 0 aliphatic heterocycles. The summed E-state index contributed by atoms with van der Waals surface area (Å²) < 4.78 is 0. The van der Waals surface area contributed by atoms with Gasteiger partial charge in [-0.25, -0.2) is 4.98 Å². The van der Waals surface area contributed by atoms with Gasteiger partial charge in [0.15, 0.2) is 0 Å². The Morgan fingerprint density at radius 3 is 2.94 bits per heavy atom. The van der Waals surface area contributed by atoms with E-state index in [1.165, 1.54) is 12.8 Å². The summed E-state index contributed by atoms with van der Waals surface area (Å²) in [5.74, 6) is 1.50. The number of nitrogens with one attached hydrogen (secondary N) is 1. The molecule has 4 heteroatoms. The number of carbonyl (C=O) groups is 1. The molecule has 0 bridgehead atoms. The van der Waals surface area contributed by atoms with Crippen LogP contribution in [0.3, 0.4) is 0 Å². The van der Waals surface area contributed by atoms with Crippen LogP contribution >= 0.6 is 0 Å². The number of rotatable bonds is 6. The molecule has 1 fully saturated rings. The Hall–Kier alpha value is -1.58. The number of hydrogen-bond donors (Lipinski definition) is 1. The van der Waals surface area contributed by atoms with Crippen LogP contribution < -0.4 is 5.32 Å². The predicted molar refractivity (Wildman–Crippen MR) is 72.7 cm³/mol. The second-order valence-corrected chi connectivity index (χ2v) is 4.96. The highest BCUT2D eigenvalue weighted by Crippen LogP contribution is 2.29. The van der Waals surface area contributed by atoms with Crippen molar-refractivity contribution >= 4 is 11.7 Å². The summed E-state index contributed by atoms with van der Waals surface area (Å²) in [6, 6.07) is 5.55. The highest BCUT2D eigenvalue weighted by molar-refractivity contribution is 5.92. The van der Waals surface area contributed by atoms with Crippen molar-refractivity contribution in [1.82, 2.24) is 9.88 Å². The summed E-state index contributed by atoms with van der Waals surface area (Å²) >= 11 is 0. The van der Waals surface area contributed by atoms with Crippen molar-refractivity contribution in [2.75, 3.05) is 25.5 Å². The van der Waals surface area contributed by atoms with Gasteiger partial charge >= 0.3 is 0 Å². The zero-order valence-corrected chi connectivity index (χ0v) is 11.1. The molecule has 4 nitrogen and oxygen atoms in total. The predicted octanol–water partition coefficient (Wildman–Crippen LogP) is 2.39. The Balaban J connectivity index is 1.99. The molecule has 1 aliphatic rings. The molecular formula is C14H21N3O. The fourth-order valence-electron chi connectivity index (χ4n) is 1.87. The summed E-state index contributed by atoms with van der Waals surface area (Å²) in [5.41, 5.74) is 0.527. The molecule has 2 rings (SSSR count). The van der Waals surface area contributed by atoms with Crippen molar-refractivity contribution in [2.24, 2.45) is 5.92 Å². The van der Waals surface area contributed by atoms with E-state index in [0.29, 0.717) is 11.6 Å². The molecular weight excluding hydrogens is 226 g/mol. The fourth-order valence-corrected chi connectivity index (χ4v) is 1.87. The van der Waals surface area contributed by atoms with Gasteiger partial charge in [-0.3, -0.25) is 4.79 Å². The molecule has 1 saturated carbocycles. The summed E-state index contributed by atoms with van der Waals surface area (Å²) in [4.78, 5) is 18.3. The average Bonchev–Trinajstić information content (AvgIpc) is 3.19. The van der Waals surface area contributed by atoms with Crippen LogP contribution in [0, 0.1) is 5.92 Å². The molecule has 98 valence electrons. The van der Waals surface area contributed by atoms with Crippen molar-refractivity contribution in [3.63, 3.8) is 0 Å². The SMILES string of the molecule is CCCNc1cccc(C(=O)N(C)CC2CC2)n1. The first-order valence-electron chi connectivity index (χ1n) is 6.67. The molecule has 1 aliphatic carbocycles. The van der Waals surface area contributed by atoms with E-state index in [1.807, 2.05) is 19.2 Å². The molecule has 18 heavy (non-hydrogen) atoms. The van der Waals surface area contributed by atoms with Gasteiger partial charge in [0.1, 0.15) is 11.5 Å². The summed E-state index contributed by atoms with van der Waals surface area (Å²) in [7, 11) is 1.86. The van der Waals surface area contributed by atoms with Crippen LogP contribution in [0.25, 0.3) is 0 Å². The van der Waals surface area contributed by atoms with Crippen LogP contribution in [0.15, 0.2) is 18.2 Å². The number of anilines is 1. The molecule has 1 aromatic heterocycles. The van der Waals surface area contributed by atoms with Crippen molar-refractivity contribution in [2.45, 2.75) is 26.2 Å². The van der Waals surface area contributed by atoms with E-state index in [1.54, 1.807) is 11.0 Å². The van der Waals surface area contributed by atoms with Crippen LogP contribution in [0.2, 0.25) is 0 Å². The third kappa shape index (κ3) is 3.45. The van der Waals surface area contributed by atoms with E-state index in [-0.39, 0.29) is 5.91 Å². The van der Waals surface area contributed by atoms with E-state index in [2.05, 4.69) is 17.2 Å². The Morgan fingerprint density at radius 1 is 1.50 bits per heavy atom. The molecule has 1 amide bonds. The highest BCUT2D eigenvalue weighted by atomic mass is 16.2. The first-order chi connectivity index (χ1) is 8.70. The zero-order valence-electron chi connectivity index (χ0n) is 11.1. The van der Waals surface area contributed by atoms with Crippen LogP contribution in [0.1, 0.15) is 36.7 Å². The van der Waals surface area contributed by atoms with Crippen molar-refractivity contribution < 1.29 is 4.79 Å². The smallest absolute Gasteiger partial charge is 0.272 e. The van der Waals surface area contributed by atoms with E-state index in [4.69, 9.17) is 0 Å². The summed E-state index contributed by atoms with van der Waals surface area (Å²) in [6.07, 6.45) is 3.55. The third-order valence-corrected chi connectivity index (χ3v) is 3.10. The van der Waals surface area contributed by atoms with Gasteiger partial charge in [0.05, 0.1) is 0 Å². The van der Waals surface area contributed by atoms with E-state index >= 15 is 0 Å². The molecule has 0 aromatic carbocycles. The van der Waals surface area contributed by atoms with Gasteiger partial charge in [0, 0.05) is 20.1 Å². The molecule has 0 saturated heterocycles. The quantitative estimate of drug-likeness (QED) is 0.839. The van der Waals surface area contributed by atoms with Gasteiger partial charge in [-0.1, -0.05) is 13.0 Å². The van der Waals surface area contributed by atoms with Gasteiger partial charge < -0.3 is 10.2 Å². The van der Waals surface area contributed by atoms with E-state index in [9.17, 15) is 4.79 Å². The van der Waals surface area contributed by atoms with Gasteiger partial charge in [-0.15, -0.1) is 0 Å². The number of hydrogen-bond acceptors (Lipinski definition) is 3. The monoisotopic (exact) mass is 247 g/mol. The maximum Gasteiger partial charge on any atom is 0.272 e. The number of carbonyl (C=O) groups excluding carboxylic acids is 1. The Kier molecular flexibility index (Phi) is 4.18. The summed E-state index contributed by atoms with van der Waals surface area (Å²) in [6.45, 7) is 3.83. The number of amides is 1. The number of aromatic nitrogens is 1. The van der Waals surface area contributed by atoms with E-state index in [0.717, 1.165) is 25.3 Å². The Morgan fingerprint density at radius 2 is 2.28 bits per heavy atom. The molecule has 1 heterocycles. The largest absolute Gasteiger partial charge is 0.370 e. The maximum atomic E-state index is 12.2. The average molecular weight is 247 g/mol. The minimum atomic E-state index is 0.0158. The molecule has 0 radical (unpaired) electrons. The van der Waals surface area contributed by atoms with Gasteiger partial charge in [0.25, 0.3) is 5.91 Å². The van der Waals surface area contributed by atoms with Crippen molar-refractivity contribution in [3.8, 4) is 0 Å². The first kappa shape index (κ1) is 12.9. The lowest BCUT2D eigenvalue weighted by molar-refractivity contribution is 0.0783. The second kappa shape index (κ2) is 5.85. The lowest BCUT2D eigenvalue weighted by Crippen LogP contribution is -2.29. The minimum Gasteiger partial charge on any atom is -0.370 e. The fraction of sp³-hybridized carbons (Fsp3) is 0.571. The van der Waals surface area contributed by atoms with Crippen molar-refractivity contribution in [3.05, 3.63) is 23.9 Å². The van der Waals surface area contributed by atoms with Crippen LogP contribution in [0.5, 0.6) is 0 Å². The molecule has 0 unspecified atom stereocenters. The lowest BCUT2D eigenvalue weighted by atomic mass is 10.3. The van der Waals surface area contributed by atoms with Crippen LogP contribution in [0.4, 0.5) is 5.82 Å². The minimum absolute atomic E-state index is 0.0158. The maximum absolute atomic E-state index is 12.2. The molecule has 0 spiro atoms. The molecule has 0 atom stereocenters. The van der Waals surface area contributed by atoms with E-state index < -0.39 is 0 Å². The van der Waals surface area contributed by atoms with Gasteiger partial charge in [-0.2, -0.15) is 0 Å². The zero-order chi connectivity index (χ0) is 13.0. The van der Waals surface area contributed by atoms with Gasteiger partial charge in [0.2, 0.25) is 0 Å². The second-order valence-electron chi connectivity index (χ2n) is 4.96. The summed E-state index contributed by atoms with van der Waals surface area (Å²) in [5, 5.41) is 3.20. The van der Waals surface area contributed by atoms with Crippen LogP contribution in [-0.2, 0) is 0 Å². The topological polar surface area (TPSA) is 45.2 Å². The van der Waals surface area contributed by atoms with Gasteiger partial charge in [-0.05, 0) is 37.3 Å². The molecule has 1 aromatic rings. The Bertz CT molecular complexity index is 415. The van der Waals surface area contributed by atoms with Crippen LogP contribution in [-0.4, -0.2) is 35.9 Å². The normalized spacial score (nSPS) is 14.3. The standard InChI is InChI=1S/C14H21N3O/c1-3-9-15-13-6-4-5-12(16-13)14(18)17(2)10-11-7-8-11/h4-6,11H,3,7-10H2,1-2H3,(H,15,16). The lowest BCUT2D eigenvalue weighted by Gasteiger charge is -2.16. The first-order valence-corrected chi connectivity index (χ1v) is 6.67. The molecule has 1 N–H and O–H groups in total.